The SMILES string of the molecule is CN(Cc1ccc(Cl)s1)C(=O)c1cc2cccc(N)c2[nH]1. The van der Waals surface area contributed by atoms with Gasteiger partial charge in [0.1, 0.15) is 5.69 Å². The van der Waals surface area contributed by atoms with E-state index in [-0.39, 0.29) is 5.91 Å². The van der Waals surface area contributed by atoms with Crippen LogP contribution in [-0.4, -0.2) is 22.8 Å². The molecule has 0 aliphatic heterocycles. The van der Waals surface area contributed by atoms with E-state index < -0.39 is 0 Å². The number of halogens is 1. The molecular weight excluding hydrogens is 306 g/mol. The second kappa shape index (κ2) is 5.42. The molecule has 0 fully saturated rings. The molecule has 4 nitrogen and oxygen atoms in total. The van der Waals surface area contributed by atoms with Crippen LogP contribution in [0, 0.1) is 0 Å². The summed E-state index contributed by atoms with van der Waals surface area (Å²) in [7, 11) is 1.77. The lowest BCUT2D eigenvalue weighted by Crippen LogP contribution is -2.26. The van der Waals surface area contributed by atoms with Gasteiger partial charge < -0.3 is 15.6 Å². The van der Waals surface area contributed by atoms with Crippen LogP contribution in [0.25, 0.3) is 10.9 Å². The Labute approximate surface area is 131 Å². The number of anilines is 1. The maximum atomic E-state index is 12.5. The van der Waals surface area contributed by atoms with Crippen molar-refractivity contribution < 1.29 is 4.79 Å². The average Bonchev–Trinajstić information content (AvgIpc) is 3.05. The van der Waals surface area contributed by atoms with Gasteiger partial charge in [-0.3, -0.25) is 4.79 Å². The van der Waals surface area contributed by atoms with E-state index in [2.05, 4.69) is 4.98 Å². The smallest absolute Gasteiger partial charge is 0.270 e. The van der Waals surface area contributed by atoms with Crippen molar-refractivity contribution in [3.05, 3.63) is 51.3 Å². The summed E-state index contributed by atoms with van der Waals surface area (Å²) in [5.74, 6) is -0.0740. The van der Waals surface area contributed by atoms with Crippen molar-refractivity contribution in [2.45, 2.75) is 6.54 Å². The molecular formula is C15H14ClN3OS. The molecule has 0 saturated heterocycles. The third-order valence-corrected chi connectivity index (χ3v) is 4.50. The van der Waals surface area contributed by atoms with E-state index in [0.29, 0.717) is 17.9 Å². The highest BCUT2D eigenvalue weighted by molar-refractivity contribution is 7.16. The molecule has 3 N–H and O–H groups in total. The van der Waals surface area contributed by atoms with Crippen LogP contribution in [-0.2, 0) is 6.54 Å². The highest BCUT2D eigenvalue weighted by Crippen LogP contribution is 2.24. The minimum absolute atomic E-state index is 0.0740. The van der Waals surface area contributed by atoms with Crippen LogP contribution in [0.4, 0.5) is 5.69 Å². The van der Waals surface area contributed by atoms with Gasteiger partial charge in [-0.25, -0.2) is 0 Å². The number of nitrogens with zero attached hydrogens (tertiary/aromatic N) is 1. The highest BCUT2D eigenvalue weighted by Gasteiger charge is 2.16. The van der Waals surface area contributed by atoms with Gasteiger partial charge in [-0.2, -0.15) is 0 Å². The number of rotatable bonds is 3. The monoisotopic (exact) mass is 319 g/mol. The molecule has 2 heterocycles. The number of H-pyrrole nitrogens is 1. The van der Waals surface area contributed by atoms with Crippen molar-refractivity contribution in [3.8, 4) is 0 Å². The Morgan fingerprint density at radius 3 is 2.86 bits per heavy atom. The molecule has 1 amide bonds. The molecule has 0 saturated carbocycles. The number of para-hydroxylation sites is 1. The predicted molar refractivity (Wildman–Crippen MR) is 87.8 cm³/mol. The Morgan fingerprint density at radius 2 is 2.19 bits per heavy atom. The molecule has 2 aromatic heterocycles. The predicted octanol–water partition coefficient (Wildman–Crippen LogP) is 3.74. The quantitative estimate of drug-likeness (QED) is 0.722. The first-order valence-corrected chi connectivity index (χ1v) is 7.61. The fourth-order valence-electron chi connectivity index (χ4n) is 2.24. The summed E-state index contributed by atoms with van der Waals surface area (Å²) in [4.78, 5) is 18.3. The number of hydrogen-bond donors (Lipinski definition) is 2. The molecule has 0 atom stereocenters. The second-order valence-corrected chi connectivity index (χ2v) is 6.66. The molecule has 0 unspecified atom stereocenters. The Bertz CT molecular complexity index is 808. The fourth-order valence-corrected chi connectivity index (χ4v) is 3.38. The van der Waals surface area contributed by atoms with Crippen molar-refractivity contribution in [1.82, 2.24) is 9.88 Å². The first kappa shape index (κ1) is 14.0. The fraction of sp³-hybridized carbons (Fsp3) is 0.133. The van der Waals surface area contributed by atoms with Gasteiger partial charge in [-0.1, -0.05) is 23.7 Å². The summed E-state index contributed by atoms with van der Waals surface area (Å²) in [5.41, 5.74) is 7.88. The Hall–Kier alpha value is -1.98. The topological polar surface area (TPSA) is 62.1 Å². The number of benzene rings is 1. The van der Waals surface area contributed by atoms with Crippen LogP contribution in [0.15, 0.2) is 36.4 Å². The van der Waals surface area contributed by atoms with E-state index in [4.69, 9.17) is 17.3 Å². The van der Waals surface area contributed by atoms with E-state index in [1.807, 2.05) is 36.4 Å². The van der Waals surface area contributed by atoms with Crippen LogP contribution in [0.2, 0.25) is 4.34 Å². The Balaban J connectivity index is 1.84. The van der Waals surface area contributed by atoms with Gasteiger partial charge in [0.05, 0.1) is 22.1 Å². The molecule has 108 valence electrons. The normalized spacial score (nSPS) is 11.0. The maximum absolute atomic E-state index is 12.5. The Kier molecular flexibility index (Phi) is 3.61. The number of nitrogen functional groups attached to an aromatic ring is 1. The number of nitrogens with two attached hydrogens (primary N) is 1. The summed E-state index contributed by atoms with van der Waals surface area (Å²) >= 11 is 7.38. The molecule has 0 spiro atoms. The molecule has 6 heteroatoms. The average molecular weight is 320 g/mol. The molecule has 21 heavy (non-hydrogen) atoms. The second-order valence-electron chi connectivity index (χ2n) is 4.86. The van der Waals surface area contributed by atoms with Crippen LogP contribution in [0.3, 0.4) is 0 Å². The third-order valence-electron chi connectivity index (χ3n) is 3.29. The minimum Gasteiger partial charge on any atom is -0.397 e. The molecule has 0 bridgehead atoms. The number of nitrogens with one attached hydrogen (secondary N) is 1. The number of carbonyl (C=O) groups is 1. The van der Waals surface area contributed by atoms with Crippen LogP contribution in [0.5, 0.6) is 0 Å². The van der Waals surface area contributed by atoms with Gasteiger partial charge in [0, 0.05) is 17.3 Å². The number of carbonyl (C=O) groups excluding carboxylic acids is 1. The molecule has 0 radical (unpaired) electrons. The number of hydrogen-bond acceptors (Lipinski definition) is 3. The van der Waals surface area contributed by atoms with Gasteiger partial charge in [0.2, 0.25) is 0 Å². The molecule has 0 aliphatic carbocycles. The summed E-state index contributed by atoms with van der Waals surface area (Å²) < 4.78 is 0.726. The lowest BCUT2D eigenvalue weighted by Gasteiger charge is -2.15. The summed E-state index contributed by atoms with van der Waals surface area (Å²) in [6.45, 7) is 0.529. The number of amides is 1. The third kappa shape index (κ3) is 2.75. The summed E-state index contributed by atoms with van der Waals surface area (Å²) in [6.07, 6.45) is 0. The minimum atomic E-state index is -0.0740. The van der Waals surface area contributed by atoms with Crippen LogP contribution < -0.4 is 5.73 Å². The van der Waals surface area contributed by atoms with E-state index in [9.17, 15) is 4.79 Å². The van der Waals surface area contributed by atoms with E-state index in [1.165, 1.54) is 11.3 Å². The summed E-state index contributed by atoms with van der Waals surface area (Å²) in [5, 5.41) is 0.936. The van der Waals surface area contributed by atoms with Gasteiger partial charge in [0.15, 0.2) is 0 Å². The van der Waals surface area contributed by atoms with E-state index in [0.717, 1.165) is 20.1 Å². The Morgan fingerprint density at radius 1 is 1.38 bits per heavy atom. The zero-order chi connectivity index (χ0) is 15.0. The van der Waals surface area contributed by atoms with Crippen molar-refractivity contribution >= 4 is 45.4 Å². The van der Waals surface area contributed by atoms with Crippen LogP contribution in [0.1, 0.15) is 15.4 Å². The van der Waals surface area contributed by atoms with Gasteiger partial charge in [-0.15, -0.1) is 11.3 Å². The highest BCUT2D eigenvalue weighted by atomic mass is 35.5. The molecule has 3 rings (SSSR count). The molecule has 0 aliphatic rings. The number of aromatic nitrogens is 1. The number of fused-ring (bicyclic) bond motifs is 1. The maximum Gasteiger partial charge on any atom is 0.270 e. The van der Waals surface area contributed by atoms with Gasteiger partial charge in [0.25, 0.3) is 5.91 Å². The zero-order valence-electron chi connectivity index (χ0n) is 11.4. The zero-order valence-corrected chi connectivity index (χ0v) is 13.0. The number of thiophene rings is 1. The van der Waals surface area contributed by atoms with E-state index >= 15 is 0 Å². The first-order valence-electron chi connectivity index (χ1n) is 6.41. The largest absolute Gasteiger partial charge is 0.397 e. The summed E-state index contributed by atoms with van der Waals surface area (Å²) in [6, 6.07) is 11.2. The van der Waals surface area contributed by atoms with Crippen molar-refractivity contribution in [2.75, 3.05) is 12.8 Å². The van der Waals surface area contributed by atoms with Gasteiger partial charge in [-0.05, 0) is 24.3 Å². The van der Waals surface area contributed by atoms with Crippen molar-refractivity contribution in [1.29, 1.82) is 0 Å². The van der Waals surface area contributed by atoms with Gasteiger partial charge >= 0.3 is 0 Å². The first-order chi connectivity index (χ1) is 10.0. The van der Waals surface area contributed by atoms with E-state index in [1.54, 1.807) is 11.9 Å². The van der Waals surface area contributed by atoms with Crippen molar-refractivity contribution in [3.63, 3.8) is 0 Å². The molecule has 3 aromatic rings. The number of aromatic amines is 1. The van der Waals surface area contributed by atoms with Crippen molar-refractivity contribution in [2.24, 2.45) is 0 Å². The standard InChI is InChI=1S/C15H14ClN3OS/c1-19(8-10-5-6-13(16)21-10)15(20)12-7-9-3-2-4-11(17)14(9)18-12/h2-7,18H,8,17H2,1H3. The molecule has 1 aromatic carbocycles. The van der Waals surface area contributed by atoms with Crippen LogP contribution >= 0.6 is 22.9 Å². The lowest BCUT2D eigenvalue weighted by atomic mass is 10.2. The lowest BCUT2D eigenvalue weighted by molar-refractivity contribution is 0.0781.